The SMILES string of the molecule is C[C@H]([C@@H](O)c1ccccc1)N(C)S(=O)(=O)c1ccc(Cl)cc1. The molecule has 0 aliphatic heterocycles. The molecule has 0 aliphatic rings. The summed E-state index contributed by atoms with van der Waals surface area (Å²) in [7, 11) is -2.23. The molecule has 22 heavy (non-hydrogen) atoms. The summed E-state index contributed by atoms with van der Waals surface area (Å²) in [5, 5.41) is 10.9. The van der Waals surface area contributed by atoms with E-state index in [0.29, 0.717) is 10.6 Å². The van der Waals surface area contributed by atoms with E-state index in [1.165, 1.54) is 35.6 Å². The van der Waals surface area contributed by atoms with Gasteiger partial charge in [-0.3, -0.25) is 0 Å². The van der Waals surface area contributed by atoms with Crippen LogP contribution in [0.2, 0.25) is 5.02 Å². The summed E-state index contributed by atoms with van der Waals surface area (Å²) >= 11 is 5.79. The number of hydrogen-bond acceptors (Lipinski definition) is 3. The predicted molar refractivity (Wildman–Crippen MR) is 87.3 cm³/mol. The number of halogens is 1. The Morgan fingerprint density at radius 1 is 1.05 bits per heavy atom. The molecule has 0 spiro atoms. The first-order chi connectivity index (χ1) is 10.3. The highest BCUT2D eigenvalue weighted by molar-refractivity contribution is 7.89. The lowest BCUT2D eigenvalue weighted by Crippen LogP contribution is -2.39. The van der Waals surface area contributed by atoms with E-state index < -0.39 is 22.2 Å². The first kappa shape index (κ1) is 17.0. The van der Waals surface area contributed by atoms with Gasteiger partial charge in [0.05, 0.1) is 17.0 Å². The van der Waals surface area contributed by atoms with Gasteiger partial charge in [-0.1, -0.05) is 41.9 Å². The van der Waals surface area contributed by atoms with Crippen molar-refractivity contribution in [3.8, 4) is 0 Å². The number of hydrogen-bond donors (Lipinski definition) is 1. The topological polar surface area (TPSA) is 57.6 Å². The molecule has 2 aromatic carbocycles. The molecule has 4 nitrogen and oxygen atoms in total. The molecule has 1 N–H and O–H groups in total. The molecular weight excluding hydrogens is 322 g/mol. The number of aliphatic hydroxyl groups excluding tert-OH is 1. The van der Waals surface area contributed by atoms with Crippen molar-refractivity contribution in [1.29, 1.82) is 0 Å². The van der Waals surface area contributed by atoms with Crippen LogP contribution in [0.1, 0.15) is 18.6 Å². The Labute approximate surface area is 136 Å². The van der Waals surface area contributed by atoms with Gasteiger partial charge < -0.3 is 5.11 Å². The molecule has 118 valence electrons. The van der Waals surface area contributed by atoms with Gasteiger partial charge in [0, 0.05) is 12.1 Å². The normalized spacial score (nSPS) is 14.8. The maximum atomic E-state index is 12.6. The lowest BCUT2D eigenvalue weighted by Gasteiger charge is -2.28. The zero-order valence-corrected chi connectivity index (χ0v) is 13.9. The minimum atomic E-state index is -3.69. The Balaban J connectivity index is 2.26. The number of nitrogens with zero attached hydrogens (tertiary/aromatic N) is 1. The first-order valence-electron chi connectivity index (χ1n) is 6.80. The van der Waals surface area contributed by atoms with Gasteiger partial charge in [-0.2, -0.15) is 4.31 Å². The van der Waals surface area contributed by atoms with Gasteiger partial charge in [0.2, 0.25) is 10.0 Å². The molecule has 0 saturated heterocycles. The maximum Gasteiger partial charge on any atom is 0.243 e. The molecule has 0 aliphatic carbocycles. The average molecular weight is 340 g/mol. The van der Waals surface area contributed by atoms with Crippen molar-refractivity contribution in [3.05, 3.63) is 65.2 Å². The molecule has 2 aromatic rings. The Morgan fingerprint density at radius 2 is 1.59 bits per heavy atom. The quantitative estimate of drug-likeness (QED) is 0.910. The molecular formula is C16H18ClNO3S. The zero-order chi connectivity index (χ0) is 16.3. The molecule has 0 amide bonds. The summed E-state index contributed by atoms with van der Waals surface area (Å²) in [4.78, 5) is 0.145. The van der Waals surface area contributed by atoms with Crippen LogP contribution in [0.4, 0.5) is 0 Å². The Hall–Kier alpha value is -1.40. The zero-order valence-electron chi connectivity index (χ0n) is 12.3. The molecule has 6 heteroatoms. The third-order valence-electron chi connectivity index (χ3n) is 3.66. The fourth-order valence-corrected chi connectivity index (χ4v) is 3.61. The fourth-order valence-electron chi connectivity index (χ4n) is 2.12. The van der Waals surface area contributed by atoms with Crippen LogP contribution in [-0.2, 0) is 10.0 Å². The van der Waals surface area contributed by atoms with Crippen molar-refractivity contribution >= 4 is 21.6 Å². The Morgan fingerprint density at radius 3 is 2.14 bits per heavy atom. The summed E-state index contributed by atoms with van der Waals surface area (Å²) in [6.07, 6.45) is -0.909. The van der Waals surface area contributed by atoms with Crippen LogP contribution in [0.5, 0.6) is 0 Å². The van der Waals surface area contributed by atoms with Gasteiger partial charge in [-0.15, -0.1) is 0 Å². The second-order valence-corrected chi connectivity index (χ2v) is 7.51. The van der Waals surface area contributed by atoms with E-state index in [0.717, 1.165) is 0 Å². The van der Waals surface area contributed by atoms with Crippen LogP contribution >= 0.6 is 11.6 Å². The number of benzene rings is 2. The van der Waals surface area contributed by atoms with E-state index in [1.54, 1.807) is 31.2 Å². The molecule has 0 radical (unpaired) electrons. The third-order valence-corrected chi connectivity index (χ3v) is 5.87. The lowest BCUT2D eigenvalue weighted by molar-refractivity contribution is 0.108. The number of rotatable bonds is 5. The fraction of sp³-hybridized carbons (Fsp3) is 0.250. The van der Waals surface area contributed by atoms with Crippen LogP contribution in [0.3, 0.4) is 0 Å². The summed E-state index contributed by atoms with van der Waals surface area (Å²) in [5.74, 6) is 0. The third kappa shape index (κ3) is 3.50. The van der Waals surface area contributed by atoms with Crippen LogP contribution in [0.25, 0.3) is 0 Å². The van der Waals surface area contributed by atoms with Crippen LogP contribution in [0.15, 0.2) is 59.5 Å². The van der Waals surface area contributed by atoms with Crippen molar-refractivity contribution in [2.45, 2.75) is 24.0 Å². The van der Waals surface area contributed by atoms with Crippen molar-refractivity contribution in [2.75, 3.05) is 7.05 Å². The largest absolute Gasteiger partial charge is 0.387 e. The van der Waals surface area contributed by atoms with Gasteiger partial charge >= 0.3 is 0 Å². The Bertz CT molecular complexity index is 717. The van der Waals surface area contributed by atoms with Crippen LogP contribution in [0, 0.1) is 0 Å². The van der Waals surface area contributed by atoms with E-state index in [1.807, 2.05) is 6.07 Å². The molecule has 0 fully saturated rings. The van der Waals surface area contributed by atoms with Gasteiger partial charge in [-0.05, 0) is 36.8 Å². The summed E-state index contributed by atoms with van der Waals surface area (Å²) < 4.78 is 26.4. The highest BCUT2D eigenvalue weighted by Crippen LogP contribution is 2.25. The van der Waals surface area contributed by atoms with Gasteiger partial charge in [0.25, 0.3) is 0 Å². The molecule has 2 atom stereocenters. The lowest BCUT2D eigenvalue weighted by atomic mass is 10.0. The summed E-state index contributed by atoms with van der Waals surface area (Å²) in [6, 6.07) is 14.3. The average Bonchev–Trinajstić information content (AvgIpc) is 2.54. The smallest absolute Gasteiger partial charge is 0.243 e. The van der Waals surface area contributed by atoms with E-state index in [-0.39, 0.29) is 4.90 Å². The number of aliphatic hydroxyl groups is 1. The van der Waals surface area contributed by atoms with E-state index >= 15 is 0 Å². The van der Waals surface area contributed by atoms with Gasteiger partial charge in [0.1, 0.15) is 0 Å². The van der Waals surface area contributed by atoms with E-state index in [2.05, 4.69) is 0 Å². The van der Waals surface area contributed by atoms with Gasteiger partial charge in [-0.25, -0.2) is 8.42 Å². The number of likely N-dealkylation sites (N-methyl/N-ethyl adjacent to an activating group) is 1. The standard InChI is InChI=1S/C16H18ClNO3S/c1-12(16(19)13-6-4-3-5-7-13)18(2)22(20,21)15-10-8-14(17)9-11-15/h3-12,16,19H,1-2H3/t12-,16-/m1/s1. The minimum Gasteiger partial charge on any atom is -0.387 e. The monoisotopic (exact) mass is 339 g/mol. The van der Waals surface area contributed by atoms with Gasteiger partial charge in [0.15, 0.2) is 0 Å². The molecule has 0 bridgehead atoms. The molecule has 0 aromatic heterocycles. The van der Waals surface area contributed by atoms with E-state index in [9.17, 15) is 13.5 Å². The first-order valence-corrected chi connectivity index (χ1v) is 8.62. The molecule has 2 rings (SSSR count). The van der Waals surface area contributed by atoms with Crippen molar-refractivity contribution in [1.82, 2.24) is 4.31 Å². The minimum absolute atomic E-state index is 0.145. The summed E-state index contributed by atoms with van der Waals surface area (Å²) in [5.41, 5.74) is 0.674. The van der Waals surface area contributed by atoms with Crippen molar-refractivity contribution in [2.24, 2.45) is 0 Å². The second-order valence-electron chi connectivity index (χ2n) is 5.07. The Kier molecular flexibility index (Phi) is 5.24. The van der Waals surface area contributed by atoms with Crippen LogP contribution in [-0.4, -0.2) is 30.9 Å². The predicted octanol–water partition coefficient (Wildman–Crippen LogP) is 3.08. The highest BCUT2D eigenvalue weighted by atomic mass is 35.5. The molecule has 0 saturated carbocycles. The molecule has 0 unspecified atom stereocenters. The number of sulfonamides is 1. The maximum absolute atomic E-state index is 12.6. The second kappa shape index (κ2) is 6.79. The van der Waals surface area contributed by atoms with Crippen LogP contribution < -0.4 is 0 Å². The van der Waals surface area contributed by atoms with E-state index in [4.69, 9.17) is 11.6 Å². The highest BCUT2D eigenvalue weighted by Gasteiger charge is 2.30. The summed E-state index contributed by atoms with van der Waals surface area (Å²) in [6.45, 7) is 1.67. The van der Waals surface area contributed by atoms with Crippen molar-refractivity contribution in [3.63, 3.8) is 0 Å². The van der Waals surface area contributed by atoms with Crippen molar-refractivity contribution < 1.29 is 13.5 Å². The molecule has 0 heterocycles.